The number of aromatic nitrogens is 2. The van der Waals surface area contributed by atoms with Crippen molar-refractivity contribution in [2.75, 3.05) is 13.7 Å². The highest BCUT2D eigenvalue weighted by Crippen LogP contribution is 2.06. The molecule has 104 valence electrons. The largest absolute Gasteiger partial charge is 0.461 e. The minimum absolute atomic E-state index is 0.299. The van der Waals surface area contributed by atoms with E-state index in [-0.39, 0.29) is 0 Å². The Labute approximate surface area is 113 Å². The van der Waals surface area contributed by atoms with Gasteiger partial charge in [0.2, 0.25) is 0 Å². The number of aliphatic imine (C=N–C) groups is 1. The van der Waals surface area contributed by atoms with Crippen molar-refractivity contribution in [3.05, 3.63) is 29.2 Å². The van der Waals surface area contributed by atoms with Gasteiger partial charge in [0.15, 0.2) is 5.69 Å². The van der Waals surface area contributed by atoms with Gasteiger partial charge >= 0.3 is 5.97 Å². The highest BCUT2D eigenvalue weighted by Gasteiger charge is 2.13. The molecule has 0 bridgehead atoms. The summed E-state index contributed by atoms with van der Waals surface area (Å²) in [6, 6.07) is 1.69. The van der Waals surface area contributed by atoms with Gasteiger partial charge in [-0.1, -0.05) is 0 Å². The summed E-state index contributed by atoms with van der Waals surface area (Å²) in [7, 11) is 1.71. The summed E-state index contributed by atoms with van der Waals surface area (Å²) in [6.07, 6.45) is 1.78. The van der Waals surface area contributed by atoms with Crippen molar-refractivity contribution < 1.29 is 9.53 Å². The van der Waals surface area contributed by atoms with Crippen LogP contribution in [0.4, 0.5) is 0 Å². The number of aryl methyl sites for hydroxylation is 1. The van der Waals surface area contributed by atoms with E-state index in [2.05, 4.69) is 10.1 Å². The summed E-state index contributed by atoms with van der Waals surface area (Å²) >= 11 is 0. The average molecular weight is 264 g/mol. The third-order valence-electron chi connectivity index (χ3n) is 2.55. The van der Waals surface area contributed by atoms with E-state index in [0.717, 1.165) is 11.4 Å². The van der Waals surface area contributed by atoms with Crippen molar-refractivity contribution in [3.8, 4) is 0 Å². The van der Waals surface area contributed by atoms with E-state index in [9.17, 15) is 4.79 Å². The molecule has 1 rings (SSSR count). The summed E-state index contributed by atoms with van der Waals surface area (Å²) in [5.74, 6) is -0.418. The maximum absolute atomic E-state index is 11.6. The van der Waals surface area contributed by atoms with Crippen LogP contribution in [0.2, 0.25) is 0 Å². The second kappa shape index (κ2) is 6.72. The van der Waals surface area contributed by atoms with Gasteiger partial charge in [-0.05, 0) is 32.9 Å². The lowest BCUT2D eigenvalue weighted by atomic mass is 10.3. The van der Waals surface area contributed by atoms with E-state index in [1.54, 1.807) is 30.8 Å². The molecule has 0 unspecified atom stereocenters. The first-order chi connectivity index (χ1) is 8.97. The van der Waals surface area contributed by atoms with Crippen molar-refractivity contribution in [3.63, 3.8) is 0 Å². The Bertz CT molecular complexity index is 515. The zero-order valence-electron chi connectivity index (χ0n) is 11.8. The number of carbonyl (C=O) groups excluding carboxylic acids is 1. The predicted octanol–water partition coefficient (Wildman–Crippen LogP) is 1.30. The van der Waals surface area contributed by atoms with E-state index in [1.807, 2.05) is 13.8 Å². The molecule has 1 aromatic rings. The molecule has 0 radical (unpaired) electrons. The number of nitrogens with zero attached hydrogens (tertiary/aromatic N) is 3. The van der Waals surface area contributed by atoms with E-state index < -0.39 is 5.97 Å². The van der Waals surface area contributed by atoms with E-state index >= 15 is 0 Å². The number of esters is 1. The molecule has 0 saturated carbocycles. The van der Waals surface area contributed by atoms with Crippen LogP contribution >= 0.6 is 0 Å². The van der Waals surface area contributed by atoms with Gasteiger partial charge in [-0.2, -0.15) is 5.10 Å². The molecule has 6 nitrogen and oxygen atoms in total. The van der Waals surface area contributed by atoms with Crippen LogP contribution in [0, 0.1) is 6.92 Å². The van der Waals surface area contributed by atoms with Gasteiger partial charge in [0, 0.05) is 24.2 Å². The van der Waals surface area contributed by atoms with Gasteiger partial charge in [-0.25, -0.2) is 4.79 Å². The van der Waals surface area contributed by atoms with Crippen LogP contribution in [0.3, 0.4) is 0 Å². The fraction of sp³-hybridized carbons (Fsp3) is 0.462. The Morgan fingerprint density at radius 2 is 2.32 bits per heavy atom. The Morgan fingerprint density at radius 3 is 2.89 bits per heavy atom. The Balaban J connectivity index is 2.86. The van der Waals surface area contributed by atoms with Crippen molar-refractivity contribution in [2.24, 2.45) is 10.7 Å². The first-order valence-electron chi connectivity index (χ1n) is 6.09. The van der Waals surface area contributed by atoms with Crippen LogP contribution in [-0.2, 0) is 11.3 Å². The third kappa shape index (κ3) is 4.24. The lowest BCUT2D eigenvalue weighted by Gasteiger charge is -2.04. The van der Waals surface area contributed by atoms with Crippen LogP contribution in [0.25, 0.3) is 0 Å². The third-order valence-corrected chi connectivity index (χ3v) is 2.55. The fourth-order valence-corrected chi connectivity index (χ4v) is 1.53. The van der Waals surface area contributed by atoms with E-state index in [4.69, 9.17) is 10.5 Å². The van der Waals surface area contributed by atoms with Crippen LogP contribution < -0.4 is 5.73 Å². The quantitative estimate of drug-likeness (QED) is 0.642. The molecule has 19 heavy (non-hydrogen) atoms. The Kier molecular flexibility index (Phi) is 5.29. The molecule has 0 spiro atoms. The molecule has 6 heteroatoms. The number of hydrogen-bond acceptors (Lipinski definition) is 5. The molecule has 0 amide bonds. The molecular formula is C13H20N4O2. The fourth-order valence-electron chi connectivity index (χ4n) is 1.53. The van der Waals surface area contributed by atoms with E-state index in [1.165, 1.54) is 0 Å². The molecule has 0 saturated heterocycles. The van der Waals surface area contributed by atoms with Crippen LogP contribution in [0.5, 0.6) is 0 Å². The second-order valence-electron chi connectivity index (χ2n) is 4.13. The zero-order chi connectivity index (χ0) is 14.4. The molecule has 0 atom stereocenters. The zero-order valence-corrected chi connectivity index (χ0v) is 11.8. The van der Waals surface area contributed by atoms with Gasteiger partial charge in [-0.15, -0.1) is 0 Å². The van der Waals surface area contributed by atoms with Crippen LogP contribution in [-0.4, -0.2) is 35.1 Å². The number of rotatable bonds is 5. The smallest absolute Gasteiger partial charge is 0.358 e. The predicted molar refractivity (Wildman–Crippen MR) is 74.2 cm³/mol. The first kappa shape index (κ1) is 14.9. The molecular weight excluding hydrogens is 244 g/mol. The lowest BCUT2D eigenvalue weighted by molar-refractivity contribution is 0.0518. The second-order valence-corrected chi connectivity index (χ2v) is 4.13. The highest BCUT2D eigenvalue weighted by atomic mass is 16.5. The summed E-state index contributed by atoms with van der Waals surface area (Å²) in [4.78, 5) is 15.6. The molecule has 1 aromatic heterocycles. The summed E-state index contributed by atoms with van der Waals surface area (Å²) in [5, 5.41) is 4.18. The van der Waals surface area contributed by atoms with Crippen LogP contribution in [0.1, 0.15) is 30.0 Å². The molecule has 0 aliphatic rings. The molecule has 0 fully saturated rings. The standard InChI is InChI=1S/C13H20N4O2/c1-5-19-13(18)12-7-10(3)17(16-12)8-11(14)6-9(2)15-4/h6-7H,5,8,14H2,1-4H3. The number of nitrogens with two attached hydrogens (primary N) is 1. The number of carbonyl (C=O) groups is 1. The summed E-state index contributed by atoms with van der Waals surface area (Å²) < 4.78 is 6.57. The Morgan fingerprint density at radius 1 is 1.63 bits per heavy atom. The number of allylic oxidation sites excluding steroid dienone is 2. The highest BCUT2D eigenvalue weighted by molar-refractivity contribution is 5.93. The van der Waals surface area contributed by atoms with Crippen molar-refractivity contribution in [1.82, 2.24) is 9.78 Å². The normalized spacial score (nSPS) is 12.6. The molecule has 0 aliphatic heterocycles. The maximum Gasteiger partial charge on any atom is 0.358 e. The van der Waals surface area contributed by atoms with E-state index in [0.29, 0.717) is 24.5 Å². The van der Waals surface area contributed by atoms with Crippen LogP contribution in [0.15, 0.2) is 22.8 Å². The van der Waals surface area contributed by atoms with Gasteiger partial charge in [0.25, 0.3) is 0 Å². The molecule has 0 aromatic carbocycles. The van der Waals surface area contributed by atoms with Crippen molar-refractivity contribution in [2.45, 2.75) is 27.3 Å². The molecule has 0 aliphatic carbocycles. The molecule has 1 heterocycles. The monoisotopic (exact) mass is 264 g/mol. The molecule has 2 N–H and O–H groups in total. The van der Waals surface area contributed by atoms with Gasteiger partial charge in [0.05, 0.1) is 13.2 Å². The van der Waals surface area contributed by atoms with Crippen molar-refractivity contribution in [1.29, 1.82) is 0 Å². The van der Waals surface area contributed by atoms with Crippen molar-refractivity contribution >= 4 is 11.7 Å². The first-order valence-corrected chi connectivity index (χ1v) is 6.09. The average Bonchev–Trinajstić information content (AvgIpc) is 2.71. The van der Waals surface area contributed by atoms with Gasteiger partial charge in [0.1, 0.15) is 0 Å². The maximum atomic E-state index is 11.6. The Hall–Kier alpha value is -2.11. The summed E-state index contributed by atoms with van der Waals surface area (Å²) in [6.45, 7) is 6.24. The van der Waals surface area contributed by atoms with Gasteiger partial charge in [-0.3, -0.25) is 9.67 Å². The lowest BCUT2D eigenvalue weighted by Crippen LogP contribution is -2.13. The van der Waals surface area contributed by atoms with Gasteiger partial charge < -0.3 is 10.5 Å². The minimum atomic E-state index is -0.418. The number of hydrogen-bond donors (Lipinski definition) is 1. The summed E-state index contributed by atoms with van der Waals surface area (Å²) in [5.41, 5.74) is 8.52. The SMILES string of the molecule is CCOC(=O)c1cc(C)n(CC(N)=CC(C)=NC)n1. The number of ether oxygens (including phenoxy) is 1. The topological polar surface area (TPSA) is 82.5 Å². The minimum Gasteiger partial charge on any atom is -0.461 e.